The van der Waals surface area contributed by atoms with Gasteiger partial charge in [-0.25, -0.2) is 0 Å². The second-order valence-corrected chi connectivity index (χ2v) is 12.4. The van der Waals surface area contributed by atoms with Crippen molar-refractivity contribution in [3.05, 3.63) is 33.6 Å². The minimum Gasteiger partial charge on any atom is -0.482 e. The lowest BCUT2D eigenvalue weighted by molar-refractivity contribution is -0.123. The van der Waals surface area contributed by atoms with Gasteiger partial charge >= 0.3 is 0 Å². The van der Waals surface area contributed by atoms with E-state index in [1.165, 1.54) is 0 Å². The van der Waals surface area contributed by atoms with E-state index in [9.17, 15) is 9.59 Å². The molecule has 0 saturated heterocycles. The van der Waals surface area contributed by atoms with Crippen LogP contribution in [0.1, 0.15) is 0 Å². The number of carbonyl (C=O) groups excluding carboxylic acids is 2. The number of hydrogen-bond donors (Lipinski definition) is 2. The fraction of sp³-hybridized carbons (Fsp3) is 0.222. The van der Waals surface area contributed by atoms with Crippen LogP contribution < -0.4 is 20.1 Å². The highest BCUT2D eigenvalue weighted by molar-refractivity contribution is 14.1. The van der Waals surface area contributed by atoms with Crippen molar-refractivity contribution >= 4 is 147 Å². The standard InChI is InChI=1S/C18H14I6N2O4/c1-25-11(27)5-29-17-9(21)3-7(19)13(15(17)23)14-8(20)4-10(22)18(16(14)24)30-6-12(28)26-2/h3-4H,5-6H2,1-2H3,(H,25,27)(H,26,28). The minimum atomic E-state index is -0.190. The normalized spacial score (nSPS) is 10.5. The van der Waals surface area contributed by atoms with Crippen molar-refractivity contribution in [1.82, 2.24) is 10.6 Å². The van der Waals surface area contributed by atoms with Crippen molar-refractivity contribution < 1.29 is 19.1 Å². The fourth-order valence-corrected chi connectivity index (χ4v) is 10.7. The van der Waals surface area contributed by atoms with Crippen LogP contribution in [0.5, 0.6) is 11.5 Å². The summed E-state index contributed by atoms with van der Waals surface area (Å²) in [5.41, 5.74) is 2.03. The molecule has 0 radical (unpaired) electrons. The number of hydrogen-bond acceptors (Lipinski definition) is 4. The van der Waals surface area contributed by atoms with E-state index >= 15 is 0 Å². The molecule has 0 aliphatic heterocycles. The second kappa shape index (κ2) is 12.7. The van der Waals surface area contributed by atoms with E-state index in [1.807, 2.05) is 12.1 Å². The van der Waals surface area contributed by atoms with Crippen LogP contribution >= 0.6 is 136 Å². The highest BCUT2D eigenvalue weighted by Crippen LogP contribution is 2.45. The molecule has 30 heavy (non-hydrogen) atoms. The van der Waals surface area contributed by atoms with E-state index in [4.69, 9.17) is 9.47 Å². The Hall–Kier alpha value is 1.36. The number of likely N-dealkylation sites (N-methyl/N-ethyl adjacent to an activating group) is 2. The summed E-state index contributed by atoms with van der Waals surface area (Å²) in [6, 6.07) is 4.07. The average Bonchev–Trinajstić information content (AvgIpc) is 2.68. The Morgan fingerprint density at radius 1 is 0.700 bits per heavy atom. The molecule has 162 valence electrons. The van der Waals surface area contributed by atoms with Crippen LogP contribution in [0.25, 0.3) is 11.1 Å². The number of halogens is 6. The summed E-state index contributed by atoms with van der Waals surface area (Å²) in [4.78, 5) is 23.4. The number of rotatable bonds is 7. The van der Waals surface area contributed by atoms with Crippen LogP contribution in [0.3, 0.4) is 0 Å². The molecule has 0 aliphatic rings. The number of amides is 2. The van der Waals surface area contributed by atoms with Crippen LogP contribution in [-0.2, 0) is 9.59 Å². The maximum absolute atomic E-state index is 11.7. The minimum absolute atomic E-state index is 0.0517. The molecule has 0 atom stereocenters. The quantitative estimate of drug-likeness (QED) is 0.373. The van der Waals surface area contributed by atoms with Gasteiger partial charge in [0.2, 0.25) is 0 Å². The maximum atomic E-state index is 11.7. The Morgan fingerprint density at radius 2 is 1.03 bits per heavy atom. The zero-order valence-electron chi connectivity index (χ0n) is 15.5. The van der Waals surface area contributed by atoms with Crippen molar-refractivity contribution in [3.63, 3.8) is 0 Å². The Bertz CT molecular complexity index is 920. The number of nitrogens with one attached hydrogen (secondary N) is 2. The lowest BCUT2D eigenvalue weighted by atomic mass is 10.1. The van der Waals surface area contributed by atoms with Crippen molar-refractivity contribution in [2.75, 3.05) is 27.3 Å². The summed E-state index contributed by atoms with van der Waals surface area (Å²) < 4.78 is 17.5. The van der Waals surface area contributed by atoms with Crippen LogP contribution in [0.2, 0.25) is 0 Å². The zero-order chi connectivity index (χ0) is 22.6. The van der Waals surface area contributed by atoms with Gasteiger partial charge in [0.15, 0.2) is 13.2 Å². The van der Waals surface area contributed by atoms with Crippen molar-refractivity contribution in [2.24, 2.45) is 0 Å². The van der Waals surface area contributed by atoms with E-state index in [1.54, 1.807) is 14.1 Å². The summed E-state index contributed by atoms with van der Waals surface area (Å²) in [7, 11) is 3.16. The molecule has 2 N–H and O–H groups in total. The van der Waals surface area contributed by atoms with E-state index in [-0.39, 0.29) is 25.0 Å². The fourth-order valence-electron chi connectivity index (χ4n) is 2.29. The predicted octanol–water partition coefficient (Wildman–Crippen LogP) is 5.23. The molecule has 0 fully saturated rings. The first-order valence-corrected chi connectivity index (χ1v) is 14.6. The van der Waals surface area contributed by atoms with Crippen LogP contribution in [0, 0.1) is 21.4 Å². The van der Waals surface area contributed by atoms with Gasteiger partial charge in [-0.1, -0.05) is 0 Å². The molecule has 0 saturated carbocycles. The molecule has 12 heteroatoms. The first-order chi connectivity index (χ1) is 14.1. The van der Waals surface area contributed by atoms with E-state index in [0.717, 1.165) is 32.5 Å². The van der Waals surface area contributed by atoms with E-state index in [2.05, 4.69) is 146 Å². The molecule has 0 bridgehead atoms. The van der Waals surface area contributed by atoms with Gasteiger partial charge in [-0.2, -0.15) is 0 Å². The predicted molar refractivity (Wildman–Crippen MR) is 167 cm³/mol. The van der Waals surface area contributed by atoms with Crippen molar-refractivity contribution in [2.45, 2.75) is 0 Å². The van der Waals surface area contributed by atoms with Crippen LogP contribution in [0.4, 0.5) is 0 Å². The monoisotopic (exact) mass is 1080 g/mol. The third kappa shape index (κ3) is 6.70. The molecule has 2 amide bonds. The molecule has 2 rings (SSSR count). The average molecular weight is 1080 g/mol. The van der Waals surface area contributed by atoms with Gasteiger partial charge in [0, 0.05) is 32.4 Å². The Labute approximate surface area is 256 Å². The summed E-state index contributed by atoms with van der Waals surface area (Å²) in [5, 5.41) is 5.14. The molecular formula is C18H14I6N2O4. The van der Waals surface area contributed by atoms with Gasteiger partial charge in [-0.05, 0) is 148 Å². The molecule has 0 aliphatic carbocycles. The lowest BCUT2D eigenvalue weighted by Gasteiger charge is -2.20. The van der Waals surface area contributed by atoms with Gasteiger partial charge in [0.1, 0.15) is 11.5 Å². The second-order valence-electron chi connectivity index (χ2n) is 5.64. The lowest BCUT2D eigenvalue weighted by Crippen LogP contribution is -2.25. The number of ether oxygens (including phenoxy) is 2. The Kier molecular flexibility index (Phi) is 11.7. The van der Waals surface area contributed by atoms with E-state index in [0.29, 0.717) is 11.5 Å². The largest absolute Gasteiger partial charge is 0.482 e. The molecule has 6 nitrogen and oxygen atoms in total. The van der Waals surface area contributed by atoms with Gasteiger partial charge in [-0.15, -0.1) is 0 Å². The van der Waals surface area contributed by atoms with E-state index < -0.39 is 0 Å². The van der Waals surface area contributed by atoms with Crippen LogP contribution in [-0.4, -0.2) is 39.1 Å². The van der Waals surface area contributed by atoms with Gasteiger partial charge < -0.3 is 20.1 Å². The summed E-state index contributed by atoms with van der Waals surface area (Å²) in [6.45, 7) is -0.103. The molecule has 0 aromatic heterocycles. The highest BCUT2D eigenvalue weighted by Gasteiger charge is 2.24. The van der Waals surface area contributed by atoms with Gasteiger partial charge in [-0.3, -0.25) is 9.59 Å². The maximum Gasteiger partial charge on any atom is 0.257 e. The molecular weight excluding hydrogens is 1070 g/mol. The Morgan fingerprint density at radius 3 is 1.33 bits per heavy atom. The smallest absolute Gasteiger partial charge is 0.257 e. The van der Waals surface area contributed by atoms with Crippen LogP contribution in [0.15, 0.2) is 12.1 Å². The number of carbonyl (C=O) groups is 2. The topological polar surface area (TPSA) is 76.7 Å². The Balaban J connectivity index is 2.62. The van der Waals surface area contributed by atoms with Gasteiger partial charge in [0.25, 0.3) is 11.8 Å². The highest BCUT2D eigenvalue weighted by atomic mass is 127. The molecule has 2 aromatic carbocycles. The molecule has 0 heterocycles. The first kappa shape index (κ1) is 27.6. The first-order valence-electron chi connectivity index (χ1n) is 8.14. The number of benzene rings is 2. The third-order valence-electron chi connectivity index (χ3n) is 3.76. The summed E-state index contributed by atoms with van der Waals surface area (Å²) in [6.07, 6.45) is 0. The summed E-state index contributed by atoms with van der Waals surface area (Å²) in [5.74, 6) is 0.969. The van der Waals surface area contributed by atoms with Crippen molar-refractivity contribution in [3.8, 4) is 22.6 Å². The SMILES string of the molecule is CNC(=O)COc1c(I)cc(I)c(-c2c(I)cc(I)c(OCC(=O)NC)c2I)c1I. The molecule has 0 spiro atoms. The zero-order valence-corrected chi connectivity index (χ0v) is 28.4. The summed E-state index contributed by atoms with van der Waals surface area (Å²) >= 11 is 13.6. The molecule has 2 aromatic rings. The van der Waals surface area contributed by atoms with Crippen molar-refractivity contribution in [1.29, 1.82) is 0 Å². The molecule has 0 unspecified atom stereocenters. The van der Waals surface area contributed by atoms with Gasteiger partial charge in [0.05, 0.1) is 14.3 Å². The third-order valence-corrected chi connectivity index (χ3v) is 9.12.